The van der Waals surface area contributed by atoms with Crippen LogP contribution in [0.15, 0.2) is 61.1 Å². The molecule has 0 spiro atoms. The van der Waals surface area contributed by atoms with Crippen molar-refractivity contribution in [3.05, 3.63) is 66.7 Å². The molecule has 0 saturated carbocycles. The first-order valence-corrected chi connectivity index (χ1v) is 9.62. The Labute approximate surface area is 164 Å². The molecule has 1 aliphatic heterocycles. The molecule has 3 aromatic rings. The third-order valence-electron chi connectivity index (χ3n) is 5.12. The lowest BCUT2D eigenvalue weighted by Crippen LogP contribution is -2.43. The van der Waals surface area contributed by atoms with Crippen molar-refractivity contribution in [2.24, 2.45) is 0 Å². The fourth-order valence-corrected chi connectivity index (χ4v) is 3.76. The van der Waals surface area contributed by atoms with Crippen LogP contribution in [-0.2, 0) is 4.79 Å². The van der Waals surface area contributed by atoms with Gasteiger partial charge < -0.3 is 14.2 Å². The van der Waals surface area contributed by atoms with E-state index in [-0.39, 0.29) is 18.6 Å². The Hall–Kier alpha value is -3.15. The van der Waals surface area contributed by atoms with Crippen LogP contribution in [0.2, 0.25) is 0 Å². The molecule has 1 fully saturated rings. The first kappa shape index (κ1) is 18.2. The summed E-state index contributed by atoms with van der Waals surface area (Å²) in [5, 5.41) is 0. The number of pyridine rings is 1. The standard InChI is InChI=1S/C22H24N4O2/c1-17-13-24-22(18-7-5-11-23-14-18)26(17)19-8-6-12-25(15-19)21(27)16-28-20-9-3-2-4-10-20/h2-5,7,9-11,13-14,19H,6,8,12,15-16H2,1H3. The molecule has 4 rings (SSSR count). The maximum Gasteiger partial charge on any atom is 0.260 e. The second-order valence-electron chi connectivity index (χ2n) is 7.07. The van der Waals surface area contributed by atoms with Gasteiger partial charge in [-0.15, -0.1) is 0 Å². The normalized spacial score (nSPS) is 16.8. The maximum atomic E-state index is 12.7. The Kier molecular flexibility index (Phi) is 5.37. The van der Waals surface area contributed by atoms with E-state index in [4.69, 9.17) is 4.74 Å². The van der Waals surface area contributed by atoms with Gasteiger partial charge in [0.15, 0.2) is 6.61 Å². The number of carbonyl (C=O) groups is 1. The van der Waals surface area contributed by atoms with Crippen molar-refractivity contribution in [1.82, 2.24) is 19.4 Å². The van der Waals surface area contributed by atoms with Crippen LogP contribution < -0.4 is 4.74 Å². The number of benzene rings is 1. The summed E-state index contributed by atoms with van der Waals surface area (Å²) in [6.45, 7) is 3.56. The number of hydrogen-bond donors (Lipinski definition) is 0. The minimum atomic E-state index is 0.0225. The molecule has 6 nitrogen and oxygen atoms in total. The van der Waals surface area contributed by atoms with E-state index in [0.29, 0.717) is 12.3 Å². The highest BCUT2D eigenvalue weighted by Gasteiger charge is 2.27. The van der Waals surface area contributed by atoms with Crippen molar-refractivity contribution >= 4 is 5.91 Å². The van der Waals surface area contributed by atoms with Gasteiger partial charge in [-0.25, -0.2) is 4.98 Å². The topological polar surface area (TPSA) is 60.2 Å². The summed E-state index contributed by atoms with van der Waals surface area (Å²) >= 11 is 0. The van der Waals surface area contributed by atoms with E-state index in [1.165, 1.54) is 0 Å². The molecule has 144 valence electrons. The second kappa shape index (κ2) is 8.25. The molecule has 28 heavy (non-hydrogen) atoms. The van der Waals surface area contributed by atoms with Crippen molar-refractivity contribution in [3.8, 4) is 17.1 Å². The van der Waals surface area contributed by atoms with E-state index in [2.05, 4.69) is 21.5 Å². The van der Waals surface area contributed by atoms with Gasteiger partial charge in [-0.1, -0.05) is 18.2 Å². The minimum absolute atomic E-state index is 0.0225. The summed E-state index contributed by atoms with van der Waals surface area (Å²) in [5.74, 6) is 1.65. The van der Waals surface area contributed by atoms with Gasteiger partial charge in [0.1, 0.15) is 11.6 Å². The number of carbonyl (C=O) groups excluding carboxylic acids is 1. The van der Waals surface area contributed by atoms with Crippen molar-refractivity contribution in [2.45, 2.75) is 25.8 Å². The van der Waals surface area contributed by atoms with Gasteiger partial charge in [0.2, 0.25) is 0 Å². The number of imidazole rings is 1. The number of aryl methyl sites for hydroxylation is 1. The highest BCUT2D eigenvalue weighted by molar-refractivity contribution is 5.78. The Balaban J connectivity index is 1.47. The smallest absolute Gasteiger partial charge is 0.260 e. The van der Waals surface area contributed by atoms with E-state index in [1.807, 2.05) is 59.8 Å². The average molecular weight is 376 g/mol. The van der Waals surface area contributed by atoms with Crippen LogP contribution in [0, 0.1) is 6.92 Å². The molecular weight excluding hydrogens is 352 g/mol. The van der Waals surface area contributed by atoms with Gasteiger partial charge in [-0.05, 0) is 44.0 Å². The van der Waals surface area contributed by atoms with Crippen molar-refractivity contribution in [2.75, 3.05) is 19.7 Å². The zero-order valence-corrected chi connectivity index (χ0v) is 16.0. The number of piperidine rings is 1. The Morgan fingerprint density at radius 3 is 2.82 bits per heavy atom. The number of ether oxygens (including phenoxy) is 1. The van der Waals surface area contributed by atoms with E-state index < -0.39 is 0 Å². The fourth-order valence-electron chi connectivity index (χ4n) is 3.76. The molecule has 0 bridgehead atoms. The van der Waals surface area contributed by atoms with E-state index in [0.717, 1.165) is 36.5 Å². The van der Waals surface area contributed by atoms with E-state index in [9.17, 15) is 4.79 Å². The zero-order valence-electron chi connectivity index (χ0n) is 16.0. The van der Waals surface area contributed by atoms with E-state index >= 15 is 0 Å². The van der Waals surface area contributed by atoms with Crippen LogP contribution in [0.25, 0.3) is 11.4 Å². The zero-order chi connectivity index (χ0) is 19.3. The monoisotopic (exact) mass is 376 g/mol. The Bertz CT molecular complexity index is 924. The molecule has 0 radical (unpaired) electrons. The molecule has 0 N–H and O–H groups in total. The summed E-state index contributed by atoms with van der Waals surface area (Å²) in [6, 6.07) is 13.6. The summed E-state index contributed by atoms with van der Waals surface area (Å²) < 4.78 is 7.89. The summed E-state index contributed by atoms with van der Waals surface area (Å²) in [7, 11) is 0. The first-order chi connectivity index (χ1) is 13.7. The van der Waals surface area contributed by atoms with Crippen molar-refractivity contribution in [3.63, 3.8) is 0 Å². The van der Waals surface area contributed by atoms with Crippen LogP contribution in [0.1, 0.15) is 24.6 Å². The lowest BCUT2D eigenvalue weighted by atomic mass is 10.0. The fraction of sp³-hybridized carbons (Fsp3) is 0.318. The second-order valence-corrected chi connectivity index (χ2v) is 7.07. The first-order valence-electron chi connectivity index (χ1n) is 9.62. The number of rotatable bonds is 5. The quantitative estimate of drug-likeness (QED) is 0.684. The number of nitrogens with zero attached hydrogens (tertiary/aromatic N) is 4. The molecule has 1 atom stereocenters. The van der Waals surface area contributed by atoms with Gasteiger partial charge in [0, 0.05) is 42.9 Å². The molecule has 1 amide bonds. The van der Waals surface area contributed by atoms with Gasteiger partial charge in [0.25, 0.3) is 5.91 Å². The summed E-state index contributed by atoms with van der Waals surface area (Å²) in [4.78, 5) is 23.4. The molecule has 1 aromatic carbocycles. The van der Waals surface area contributed by atoms with Crippen LogP contribution in [-0.4, -0.2) is 45.0 Å². The molecule has 2 aromatic heterocycles. The average Bonchev–Trinajstić information content (AvgIpc) is 3.15. The number of para-hydroxylation sites is 1. The lowest BCUT2D eigenvalue weighted by Gasteiger charge is -2.34. The Morgan fingerprint density at radius 2 is 2.04 bits per heavy atom. The number of likely N-dealkylation sites (tertiary alicyclic amines) is 1. The van der Waals surface area contributed by atoms with E-state index in [1.54, 1.807) is 6.20 Å². The molecule has 1 aliphatic rings. The van der Waals surface area contributed by atoms with Gasteiger partial charge >= 0.3 is 0 Å². The SMILES string of the molecule is Cc1cnc(-c2cccnc2)n1C1CCCN(C(=O)COc2ccccc2)C1. The van der Waals surface area contributed by atoms with Gasteiger partial charge in [-0.3, -0.25) is 9.78 Å². The number of amides is 1. The molecule has 1 unspecified atom stereocenters. The van der Waals surface area contributed by atoms with Crippen LogP contribution in [0.4, 0.5) is 0 Å². The Morgan fingerprint density at radius 1 is 1.18 bits per heavy atom. The molecular formula is C22H24N4O2. The largest absolute Gasteiger partial charge is 0.484 e. The van der Waals surface area contributed by atoms with Crippen molar-refractivity contribution in [1.29, 1.82) is 0 Å². The van der Waals surface area contributed by atoms with Gasteiger partial charge in [0.05, 0.1) is 6.04 Å². The lowest BCUT2D eigenvalue weighted by molar-refractivity contribution is -0.135. The molecule has 0 aliphatic carbocycles. The third-order valence-corrected chi connectivity index (χ3v) is 5.12. The third kappa shape index (κ3) is 3.91. The highest BCUT2D eigenvalue weighted by atomic mass is 16.5. The number of hydrogen-bond acceptors (Lipinski definition) is 4. The summed E-state index contributed by atoms with van der Waals surface area (Å²) in [6.07, 6.45) is 7.47. The number of aromatic nitrogens is 3. The van der Waals surface area contributed by atoms with Crippen LogP contribution in [0.3, 0.4) is 0 Å². The molecule has 3 heterocycles. The van der Waals surface area contributed by atoms with Crippen molar-refractivity contribution < 1.29 is 9.53 Å². The summed E-state index contributed by atoms with van der Waals surface area (Å²) in [5.41, 5.74) is 2.09. The highest BCUT2D eigenvalue weighted by Crippen LogP contribution is 2.29. The minimum Gasteiger partial charge on any atom is -0.484 e. The maximum absolute atomic E-state index is 12.7. The van der Waals surface area contributed by atoms with Crippen LogP contribution in [0.5, 0.6) is 5.75 Å². The molecule has 1 saturated heterocycles. The van der Waals surface area contributed by atoms with Crippen LogP contribution >= 0.6 is 0 Å². The predicted molar refractivity (Wildman–Crippen MR) is 107 cm³/mol. The van der Waals surface area contributed by atoms with Gasteiger partial charge in [-0.2, -0.15) is 0 Å². The molecule has 6 heteroatoms. The predicted octanol–water partition coefficient (Wildman–Crippen LogP) is 3.50.